The van der Waals surface area contributed by atoms with E-state index in [-0.39, 0.29) is 0 Å². The van der Waals surface area contributed by atoms with Crippen LogP contribution < -0.4 is 14.8 Å². The molecule has 0 atom stereocenters. The van der Waals surface area contributed by atoms with Gasteiger partial charge in [0, 0.05) is 30.6 Å². The first-order valence-electron chi connectivity index (χ1n) is 5.06. The summed E-state index contributed by atoms with van der Waals surface area (Å²) < 4.78 is 11.3. The lowest BCUT2D eigenvalue weighted by Crippen LogP contribution is -2.16. The number of fused-ring (bicyclic) bond motifs is 3. The van der Waals surface area contributed by atoms with Crippen molar-refractivity contribution in [2.24, 2.45) is 0 Å². The van der Waals surface area contributed by atoms with Crippen LogP contribution in [0.25, 0.3) is 0 Å². The molecule has 3 rings (SSSR count). The van der Waals surface area contributed by atoms with Gasteiger partial charge in [0.2, 0.25) is 0 Å². The average molecular weight is 191 g/mol. The number of nitrogens with one attached hydrogen (secondary N) is 1. The minimum atomic E-state index is 0.729. The van der Waals surface area contributed by atoms with Crippen LogP contribution in [0.15, 0.2) is 12.1 Å². The summed E-state index contributed by atoms with van der Waals surface area (Å²) in [5.41, 5.74) is 2.49. The predicted molar refractivity (Wildman–Crippen MR) is 52.8 cm³/mol. The predicted octanol–water partition coefficient (Wildman–Crippen LogP) is 1.10. The molecule has 3 heteroatoms. The van der Waals surface area contributed by atoms with Crippen molar-refractivity contribution in [3.8, 4) is 11.5 Å². The Morgan fingerprint density at radius 3 is 2.79 bits per heavy atom. The Bertz CT molecular complexity index is 363. The van der Waals surface area contributed by atoms with E-state index in [1.54, 1.807) is 0 Å². The molecule has 0 radical (unpaired) electrons. The molecule has 2 heterocycles. The molecule has 1 aromatic rings. The molecule has 0 unspecified atom stereocenters. The zero-order chi connectivity index (χ0) is 9.38. The molecular weight excluding hydrogens is 178 g/mol. The van der Waals surface area contributed by atoms with Gasteiger partial charge in [0.1, 0.15) is 6.61 Å². The molecule has 0 saturated heterocycles. The molecule has 0 amide bonds. The zero-order valence-electron chi connectivity index (χ0n) is 8.01. The summed E-state index contributed by atoms with van der Waals surface area (Å²) in [5.74, 6) is 1.94. The SMILES string of the molecule is c1cc2c(c3c1CCO3)OCCNC2. The summed E-state index contributed by atoms with van der Waals surface area (Å²) in [4.78, 5) is 0. The fraction of sp³-hybridized carbons (Fsp3) is 0.455. The first kappa shape index (κ1) is 8.12. The summed E-state index contributed by atoms with van der Waals surface area (Å²) in [7, 11) is 0. The average Bonchev–Trinajstić information content (AvgIpc) is 2.55. The Hall–Kier alpha value is -1.22. The minimum absolute atomic E-state index is 0.729. The third-order valence-corrected chi connectivity index (χ3v) is 2.73. The van der Waals surface area contributed by atoms with Gasteiger partial charge in [-0.05, 0) is 0 Å². The third kappa shape index (κ3) is 1.16. The first-order valence-corrected chi connectivity index (χ1v) is 5.06. The lowest BCUT2D eigenvalue weighted by Gasteiger charge is -2.10. The van der Waals surface area contributed by atoms with Crippen LogP contribution in [0, 0.1) is 0 Å². The van der Waals surface area contributed by atoms with Gasteiger partial charge in [-0.1, -0.05) is 12.1 Å². The number of rotatable bonds is 0. The Morgan fingerprint density at radius 2 is 1.79 bits per heavy atom. The summed E-state index contributed by atoms with van der Waals surface area (Å²) in [5, 5.41) is 3.31. The van der Waals surface area contributed by atoms with Crippen molar-refractivity contribution in [2.75, 3.05) is 19.8 Å². The van der Waals surface area contributed by atoms with Gasteiger partial charge in [-0.3, -0.25) is 0 Å². The number of benzene rings is 1. The van der Waals surface area contributed by atoms with Crippen LogP contribution in [0.2, 0.25) is 0 Å². The highest BCUT2D eigenvalue weighted by Crippen LogP contribution is 2.39. The van der Waals surface area contributed by atoms with Crippen molar-refractivity contribution in [1.82, 2.24) is 5.32 Å². The molecule has 2 aliphatic heterocycles. The van der Waals surface area contributed by atoms with E-state index in [0.717, 1.165) is 44.2 Å². The van der Waals surface area contributed by atoms with Gasteiger partial charge in [0.25, 0.3) is 0 Å². The van der Waals surface area contributed by atoms with Crippen LogP contribution in [0.5, 0.6) is 11.5 Å². The minimum Gasteiger partial charge on any atom is -0.489 e. The normalized spacial score (nSPS) is 18.9. The molecule has 2 aliphatic rings. The first-order chi connectivity index (χ1) is 6.95. The maximum Gasteiger partial charge on any atom is 0.166 e. The molecule has 0 bridgehead atoms. The van der Waals surface area contributed by atoms with Gasteiger partial charge >= 0.3 is 0 Å². The van der Waals surface area contributed by atoms with Gasteiger partial charge in [0.05, 0.1) is 6.61 Å². The van der Waals surface area contributed by atoms with Crippen LogP contribution in [0.3, 0.4) is 0 Å². The van der Waals surface area contributed by atoms with Gasteiger partial charge in [-0.2, -0.15) is 0 Å². The van der Waals surface area contributed by atoms with E-state index in [1.165, 1.54) is 11.1 Å². The zero-order valence-corrected chi connectivity index (χ0v) is 8.01. The highest BCUT2D eigenvalue weighted by Gasteiger charge is 2.21. The largest absolute Gasteiger partial charge is 0.489 e. The smallest absolute Gasteiger partial charge is 0.166 e. The standard InChI is InChI=1S/C11H13NO2/c1-2-9-7-12-4-6-14-11(9)10-8(1)3-5-13-10/h1-2,12H,3-7H2. The third-order valence-electron chi connectivity index (χ3n) is 2.73. The van der Waals surface area contributed by atoms with Gasteiger partial charge in [-0.25, -0.2) is 0 Å². The van der Waals surface area contributed by atoms with Crippen molar-refractivity contribution >= 4 is 0 Å². The second kappa shape index (κ2) is 3.17. The summed E-state index contributed by atoms with van der Waals surface area (Å²) in [6.45, 7) is 3.31. The highest BCUT2D eigenvalue weighted by atomic mass is 16.5. The van der Waals surface area contributed by atoms with E-state index in [2.05, 4.69) is 17.4 Å². The van der Waals surface area contributed by atoms with Gasteiger partial charge in [0.15, 0.2) is 11.5 Å². The van der Waals surface area contributed by atoms with Crippen LogP contribution in [-0.2, 0) is 13.0 Å². The molecule has 1 aromatic carbocycles. The summed E-state index contributed by atoms with van der Waals surface area (Å²) >= 11 is 0. The molecular formula is C11H13NO2. The second-order valence-electron chi connectivity index (χ2n) is 3.67. The van der Waals surface area contributed by atoms with Crippen molar-refractivity contribution in [3.05, 3.63) is 23.3 Å². The lowest BCUT2D eigenvalue weighted by atomic mass is 10.1. The Kier molecular flexibility index (Phi) is 1.84. The maximum atomic E-state index is 5.70. The topological polar surface area (TPSA) is 30.5 Å². The molecule has 0 spiro atoms. The van der Waals surface area contributed by atoms with Gasteiger partial charge in [-0.15, -0.1) is 0 Å². The maximum absolute atomic E-state index is 5.70. The van der Waals surface area contributed by atoms with Crippen LogP contribution in [0.1, 0.15) is 11.1 Å². The molecule has 0 aliphatic carbocycles. The Morgan fingerprint density at radius 1 is 1.00 bits per heavy atom. The second-order valence-corrected chi connectivity index (χ2v) is 3.67. The van der Waals surface area contributed by atoms with E-state index in [0.29, 0.717) is 0 Å². The molecule has 0 fully saturated rings. The monoisotopic (exact) mass is 191 g/mol. The Balaban J connectivity index is 2.11. The molecule has 74 valence electrons. The fourth-order valence-electron chi connectivity index (χ4n) is 2.01. The lowest BCUT2D eigenvalue weighted by molar-refractivity contribution is 0.291. The Labute approximate surface area is 83.0 Å². The fourth-order valence-corrected chi connectivity index (χ4v) is 2.01. The van der Waals surface area contributed by atoms with Crippen molar-refractivity contribution in [1.29, 1.82) is 0 Å². The number of ether oxygens (including phenoxy) is 2. The van der Waals surface area contributed by atoms with Gasteiger partial charge < -0.3 is 14.8 Å². The molecule has 3 nitrogen and oxygen atoms in total. The van der Waals surface area contributed by atoms with E-state index in [9.17, 15) is 0 Å². The summed E-state index contributed by atoms with van der Waals surface area (Å²) in [6, 6.07) is 4.29. The number of hydrogen-bond donors (Lipinski definition) is 1. The molecule has 0 saturated carbocycles. The van der Waals surface area contributed by atoms with Crippen molar-refractivity contribution < 1.29 is 9.47 Å². The van der Waals surface area contributed by atoms with E-state index >= 15 is 0 Å². The van der Waals surface area contributed by atoms with Crippen molar-refractivity contribution in [3.63, 3.8) is 0 Å². The highest BCUT2D eigenvalue weighted by molar-refractivity contribution is 5.53. The summed E-state index contributed by atoms with van der Waals surface area (Å²) in [6.07, 6.45) is 1.01. The van der Waals surface area contributed by atoms with Crippen LogP contribution >= 0.6 is 0 Å². The molecule has 14 heavy (non-hydrogen) atoms. The van der Waals surface area contributed by atoms with Crippen LogP contribution in [-0.4, -0.2) is 19.8 Å². The van der Waals surface area contributed by atoms with E-state index in [1.807, 2.05) is 0 Å². The number of hydrogen-bond acceptors (Lipinski definition) is 3. The quantitative estimate of drug-likeness (QED) is 0.666. The van der Waals surface area contributed by atoms with E-state index in [4.69, 9.17) is 9.47 Å². The van der Waals surface area contributed by atoms with Crippen molar-refractivity contribution in [2.45, 2.75) is 13.0 Å². The molecule has 1 N–H and O–H groups in total. The van der Waals surface area contributed by atoms with Crippen LogP contribution in [0.4, 0.5) is 0 Å². The molecule has 0 aromatic heterocycles. The van der Waals surface area contributed by atoms with E-state index < -0.39 is 0 Å².